The van der Waals surface area contributed by atoms with Crippen LogP contribution in [0.1, 0.15) is 18.4 Å². The third-order valence-corrected chi connectivity index (χ3v) is 3.11. The fourth-order valence-corrected chi connectivity index (χ4v) is 2.08. The second kappa shape index (κ2) is 8.68. The van der Waals surface area contributed by atoms with Crippen LogP contribution in [0.5, 0.6) is 0 Å². The maximum absolute atomic E-state index is 11.8. The summed E-state index contributed by atoms with van der Waals surface area (Å²) in [5.74, 6) is -0.984. The predicted octanol–water partition coefficient (Wildman–Crippen LogP) is 2.22. The molecule has 0 aromatic heterocycles. The van der Waals surface area contributed by atoms with Crippen molar-refractivity contribution in [3.8, 4) is 0 Å². The van der Waals surface area contributed by atoms with E-state index >= 15 is 0 Å². The normalized spacial score (nSPS) is 16.9. The first-order valence-corrected chi connectivity index (χ1v) is 7.88. The van der Waals surface area contributed by atoms with Gasteiger partial charge in [-0.2, -0.15) is 0 Å². The van der Waals surface area contributed by atoms with E-state index in [1.54, 1.807) is 24.3 Å². The van der Waals surface area contributed by atoms with Gasteiger partial charge in [0.05, 0.1) is 0 Å². The Balaban J connectivity index is 0.00000106. The van der Waals surface area contributed by atoms with Crippen LogP contribution in [0.25, 0.3) is 0 Å². The third kappa shape index (κ3) is 5.05. The Hall–Kier alpha value is -1.54. The van der Waals surface area contributed by atoms with Crippen LogP contribution in [0.15, 0.2) is 24.3 Å². The first-order chi connectivity index (χ1) is 10.1. The van der Waals surface area contributed by atoms with Gasteiger partial charge in [0.25, 0.3) is 0 Å². The number of ether oxygens (including phenoxy) is 1. The van der Waals surface area contributed by atoms with Crippen LogP contribution in [0.3, 0.4) is 0 Å². The van der Waals surface area contributed by atoms with Gasteiger partial charge in [0.1, 0.15) is 12.6 Å². The van der Waals surface area contributed by atoms with Gasteiger partial charge in [-0.15, -0.1) is 23.3 Å². The zero-order valence-corrected chi connectivity index (χ0v) is 13.1. The van der Waals surface area contributed by atoms with Gasteiger partial charge in [-0.25, -0.2) is 9.59 Å². The Morgan fingerprint density at radius 1 is 1.33 bits per heavy atom. The number of carboxylic acid groups (broad SMARTS) is 1. The lowest BCUT2D eigenvalue weighted by Crippen LogP contribution is -2.40. The summed E-state index contributed by atoms with van der Waals surface area (Å²) in [6.07, 6.45) is 0.585. The van der Waals surface area contributed by atoms with Gasteiger partial charge in [0.15, 0.2) is 0 Å². The molecule has 6 nitrogen and oxygen atoms in total. The summed E-state index contributed by atoms with van der Waals surface area (Å²) in [7, 11) is 0. The van der Waals surface area contributed by atoms with E-state index in [1.807, 2.05) is 0 Å². The molecule has 0 radical (unpaired) electrons. The van der Waals surface area contributed by atoms with Crippen molar-refractivity contribution in [2.24, 2.45) is 0 Å². The monoisotopic (exact) mass is 330 g/mol. The van der Waals surface area contributed by atoms with Crippen molar-refractivity contribution < 1.29 is 19.4 Å². The van der Waals surface area contributed by atoms with E-state index in [9.17, 15) is 9.59 Å². The molecule has 1 heterocycles. The number of anilines is 1. The number of carbonyl (C=O) groups excluding carboxylic acids is 1. The number of amides is 1. The van der Waals surface area contributed by atoms with Crippen LogP contribution in [-0.2, 0) is 16.1 Å². The SMILES string of the molecule is Nc1ccc(COC(=O)N2CCCC2C(=O)O)cc1.SS. The quantitative estimate of drug-likeness (QED) is 0.387. The summed E-state index contributed by atoms with van der Waals surface area (Å²) >= 11 is 6.44. The molecule has 2 rings (SSSR count). The molecule has 3 N–H and O–H groups in total. The average Bonchev–Trinajstić information content (AvgIpc) is 2.98. The zero-order valence-electron chi connectivity index (χ0n) is 11.3. The molecule has 1 aliphatic heterocycles. The molecule has 1 aliphatic rings. The van der Waals surface area contributed by atoms with E-state index in [2.05, 4.69) is 23.3 Å². The Morgan fingerprint density at radius 2 is 1.95 bits per heavy atom. The van der Waals surface area contributed by atoms with Gasteiger partial charge in [-0.1, -0.05) is 12.1 Å². The van der Waals surface area contributed by atoms with Gasteiger partial charge in [-0.05, 0) is 30.5 Å². The fourth-order valence-electron chi connectivity index (χ4n) is 2.08. The second-order valence-corrected chi connectivity index (χ2v) is 4.49. The van der Waals surface area contributed by atoms with Gasteiger partial charge < -0.3 is 15.6 Å². The standard InChI is InChI=1S/C13H16N2O4.H2S2/c14-10-5-3-9(4-6-10)8-19-13(18)15-7-1-2-11(15)12(16)17;1-2/h3-6,11H,1-2,7-8,14H2,(H,16,17);1-2H. The van der Waals surface area contributed by atoms with E-state index in [1.165, 1.54) is 4.90 Å². The number of thiol groups is 2. The minimum absolute atomic E-state index is 0.113. The topological polar surface area (TPSA) is 92.9 Å². The molecule has 0 spiro atoms. The Labute approximate surface area is 133 Å². The maximum atomic E-state index is 11.8. The molecule has 0 bridgehead atoms. The van der Waals surface area contributed by atoms with Gasteiger partial charge in [0, 0.05) is 12.2 Å². The van der Waals surface area contributed by atoms with Crippen LogP contribution in [0.2, 0.25) is 0 Å². The van der Waals surface area contributed by atoms with Crippen LogP contribution in [-0.4, -0.2) is 34.7 Å². The number of benzene rings is 1. The van der Waals surface area contributed by atoms with Gasteiger partial charge >= 0.3 is 12.1 Å². The molecular formula is C13H18N2O4S2. The van der Waals surface area contributed by atoms with Gasteiger partial charge in [0.2, 0.25) is 0 Å². The number of nitrogen functional groups attached to an aromatic ring is 1. The van der Waals surface area contributed by atoms with E-state index in [-0.39, 0.29) is 6.61 Å². The van der Waals surface area contributed by atoms with Gasteiger partial charge in [-0.3, -0.25) is 4.90 Å². The molecule has 0 aliphatic carbocycles. The van der Waals surface area contributed by atoms with Crippen molar-refractivity contribution in [3.63, 3.8) is 0 Å². The lowest BCUT2D eigenvalue weighted by Gasteiger charge is -2.20. The highest BCUT2D eigenvalue weighted by molar-refractivity contribution is 8.59. The molecule has 8 heteroatoms. The maximum Gasteiger partial charge on any atom is 0.410 e. The highest BCUT2D eigenvalue weighted by Gasteiger charge is 2.34. The lowest BCUT2D eigenvalue weighted by molar-refractivity contribution is -0.141. The van der Waals surface area contributed by atoms with Crippen molar-refractivity contribution in [2.45, 2.75) is 25.5 Å². The molecular weight excluding hydrogens is 312 g/mol. The Bertz CT molecular complexity index is 482. The number of aliphatic carboxylic acids is 1. The number of nitrogens with zero attached hydrogens (tertiary/aromatic N) is 1. The number of hydrogen-bond acceptors (Lipinski definition) is 6. The number of hydrogen-bond donors (Lipinski definition) is 4. The van der Waals surface area contributed by atoms with Crippen LogP contribution >= 0.6 is 23.3 Å². The van der Waals surface area contributed by atoms with E-state index in [0.29, 0.717) is 25.1 Å². The van der Waals surface area contributed by atoms with Crippen molar-refractivity contribution in [2.75, 3.05) is 12.3 Å². The highest BCUT2D eigenvalue weighted by atomic mass is 33.1. The Kier molecular flexibility index (Phi) is 7.24. The second-order valence-electron chi connectivity index (χ2n) is 4.49. The smallest absolute Gasteiger partial charge is 0.410 e. The first-order valence-electron chi connectivity index (χ1n) is 6.28. The third-order valence-electron chi connectivity index (χ3n) is 3.11. The number of rotatable bonds is 3. The molecule has 1 aromatic carbocycles. The highest BCUT2D eigenvalue weighted by Crippen LogP contribution is 2.19. The first kappa shape index (κ1) is 17.5. The minimum atomic E-state index is -0.984. The van der Waals surface area contributed by atoms with Crippen LogP contribution < -0.4 is 5.73 Å². The lowest BCUT2D eigenvalue weighted by atomic mass is 10.2. The molecule has 1 aromatic rings. The predicted molar refractivity (Wildman–Crippen MR) is 86.4 cm³/mol. The summed E-state index contributed by atoms with van der Waals surface area (Å²) in [6.45, 7) is 0.541. The molecule has 1 saturated heterocycles. The van der Waals surface area contributed by atoms with E-state index in [0.717, 1.165) is 5.56 Å². The summed E-state index contributed by atoms with van der Waals surface area (Å²) in [6, 6.07) is 6.21. The molecule has 1 unspecified atom stereocenters. The summed E-state index contributed by atoms with van der Waals surface area (Å²) in [5.41, 5.74) is 7.01. The minimum Gasteiger partial charge on any atom is -0.480 e. The molecule has 1 fully saturated rings. The van der Waals surface area contributed by atoms with E-state index in [4.69, 9.17) is 15.6 Å². The number of nitrogens with two attached hydrogens (primary N) is 1. The van der Waals surface area contributed by atoms with Crippen molar-refractivity contribution in [1.29, 1.82) is 0 Å². The average molecular weight is 330 g/mol. The Morgan fingerprint density at radius 3 is 2.52 bits per heavy atom. The van der Waals surface area contributed by atoms with Crippen molar-refractivity contribution in [1.82, 2.24) is 4.90 Å². The summed E-state index contributed by atoms with van der Waals surface area (Å²) in [5, 5.41) is 8.99. The summed E-state index contributed by atoms with van der Waals surface area (Å²) in [4.78, 5) is 24.0. The number of carboxylic acids is 1. The van der Waals surface area contributed by atoms with E-state index < -0.39 is 18.1 Å². The van der Waals surface area contributed by atoms with Crippen molar-refractivity contribution in [3.05, 3.63) is 29.8 Å². The molecule has 116 valence electrons. The molecule has 1 amide bonds. The number of likely N-dealkylation sites (tertiary alicyclic amines) is 1. The van der Waals surface area contributed by atoms with Crippen molar-refractivity contribution >= 4 is 41.1 Å². The molecule has 21 heavy (non-hydrogen) atoms. The largest absolute Gasteiger partial charge is 0.480 e. The number of carbonyl (C=O) groups is 2. The molecule has 0 saturated carbocycles. The molecule has 1 atom stereocenters. The zero-order chi connectivity index (χ0) is 15.8. The summed E-state index contributed by atoms with van der Waals surface area (Å²) < 4.78 is 5.12. The fraction of sp³-hybridized carbons (Fsp3) is 0.385. The van der Waals surface area contributed by atoms with Crippen LogP contribution in [0.4, 0.5) is 10.5 Å². The van der Waals surface area contributed by atoms with Crippen LogP contribution in [0, 0.1) is 0 Å².